The van der Waals surface area contributed by atoms with Crippen molar-refractivity contribution in [3.05, 3.63) is 77.3 Å². The van der Waals surface area contributed by atoms with Gasteiger partial charge >= 0.3 is 0 Å². The van der Waals surface area contributed by atoms with E-state index in [9.17, 15) is 18.7 Å². The fraction of sp³-hybridized carbons (Fsp3) is 0.296. The highest BCUT2D eigenvalue weighted by Gasteiger charge is 2.61. The van der Waals surface area contributed by atoms with Crippen molar-refractivity contribution < 1.29 is 23.1 Å². The van der Waals surface area contributed by atoms with Crippen LogP contribution < -0.4 is 16.0 Å². The lowest BCUT2D eigenvalue weighted by Crippen LogP contribution is -2.32. The quantitative estimate of drug-likeness (QED) is 0.258. The number of carbonyl (C=O) groups is 1. The Hall–Kier alpha value is -4.45. The number of nitrogens with zero attached hydrogens (tertiary/aromatic N) is 4. The topological polar surface area (TPSA) is 138 Å². The van der Waals surface area contributed by atoms with Gasteiger partial charge in [0.15, 0.2) is 0 Å². The predicted octanol–water partition coefficient (Wildman–Crippen LogP) is 4.52. The van der Waals surface area contributed by atoms with Crippen LogP contribution in [0.4, 0.5) is 26.2 Å². The molecular weight excluding hydrogens is 508 g/mol. The van der Waals surface area contributed by atoms with Gasteiger partial charge in [-0.1, -0.05) is 30.3 Å². The molecule has 1 fully saturated rings. The number of benzene rings is 2. The summed E-state index contributed by atoms with van der Waals surface area (Å²) in [5, 5.41) is 27.2. The smallest absolute Gasteiger partial charge is 0.260 e. The number of halogens is 2. The molecule has 3 heterocycles. The Morgan fingerprint density at radius 2 is 1.92 bits per heavy atom. The number of amides is 1. The largest absolute Gasteiger partial charge is 0.420 e. The van der Waals surface area contributed by atoms with Crippen LogP contribution in [0.1, 0.15) is 59.6 Å². The van der Waals surface area contributed by atoms with Gasteiger partial charge in [0.25, 0.3) is 17.7 Å². The fourth-order valence-electron chi connectivity index (χ4n) is 4.64. The van der Waals surface area contributed by atoms with Crippen molar-refractivity contribution in [2.24, 2.45) is 0 Å². The Morgan fingerprint density at radius 1 is 1.15 bits per heavy atom. The summed E-state index contributed by atoms with van der Waals surface area (Å²) < 4.78 is 32.7. The number of fused-ring (bicyclic) bond motifs is 1. The molecule has 10 nitrogen and oxygen atoms in total. The van der Waals surface area contributed by atoms with Crippen LogP contribution in [-0.2, 0) is 5.54 Å². The second kappa shape index (κ2) is 9.09. The number of rotatable bonds is 8. The zero-order valence-corrected chi connectivity index (χ0v) is 21.1. The summed E-state index contributed by atoms with van der Waals surface area (Å²) in [5.41, 5.74) is 2.68. The number of hydrogen-bond donors (Lipinski definition) is 4. The minimum absolute atomic E-state index is 0.0182. The molecule has 4 N–H and O–H groups in total. The van der Waals surface area contributed by atoms with Gasteiger partial charge in [-0.15, -0.1) is 10.2 Å². The number of hydrogen-bond acceptors (Lipinski definition) is 9. The number of carbonyl (C=O) groups excluding carboxylic acids is 1. The number of aromatic nitrogens is 4. The minimum Gasteiger partial charge on any atom is -0.420 e. The third-order valence-electron chi connectivity index (χ3n) is 6.90. The van der Waals surface area contributed by atoms with E-state index in [-0.39, 0.29) is 42.5 Å². The Balaban J connectivity index is 1.35. The first-order valence-corrected chi connectivity index (χ1v) is 12.4. The summed E-state index contributed by atoms with van der Waals surface area (Å²) in [4.78, 5) is 21.2. The van der Waals surface area contributed by atoms with Gasteiger partial charge in [0.2, 0.25) is 11.8 Å². The van der Waals surface area contributed by atoms with E-state index >= 15 is 0 Å². The molecule has 0 saturated heterocycles. The molecule has 0 radical (unpaired) electrons. The third kappa shape index (κ3) is 4.67. The first kappa shape index (κ1) is 24.9. The lowest BCUT2D eigenvalue weighted by Gasteiger charge is -2.20. The van der Waals surface area contributed by atoms with Crippen molar-refractivity contribution >= 4 is 23.4 Å². The van der Waals surface area contributed by atoms with E-state index in [4.69, 9.17) is 4.42 Å². The van der Waals surface area contributed by atoms with Crippen LogP contribution in [0.5, 0.6) is 0 Å². The van der Waals surface area contributed by atoms with Crippen LogP contribution in [-0.4, -0.2) is 43.7 Å². The summed E-state index contributed by atoms with van der Waals surface area (Å²) in [6.07, 6.45) is 1.11. The Kier molecular flexibility index (Phi) is 5.79. The number of nitrogens with one attached hydrogen (secondary N) is 3. The molecule has 1 aliphatic heterocycles. The lowest BCUT2D eigenvalue weighted by atomic mass is 9.94. The van der Waals surface area contributed by atoms with Gasteiger partial charge in [-0.3, -0.25) is 4.79 Å². The zero-order valence-electron chi connectivity index (χ0n) is 21.1. The molecule has 200 valence electrons. The van der Waals surface area contributed by atoms with E-state index in [1.54, 1.807) is 12.1 Å². The van der Waals surface area contributed by atoms with E-state index in [0.29, 0.717) is 16.8 Å². The normalized spacial score (nSPS) is 19.2. The minimum atomic E-state index is -2.85. The van der Waals surface area contributed by atoms with Gasteiger partial charge in [0.05, 0.1) is 23.8 Å². The Labute approximate surface area is 221 Å². The second-order valence-corrected chi connectivity index (χ2v) is 10.2. The second-order valence-electron chi connectivity index (χ2n) is 10.2. The summed E-state index contributed by atoms with van der Waals surface area (Å²) >= 11 is 0. The zero-order chi connectivity index (χ0) is 27.4. The average Bonchev–Trinajstić information content (AvgIpc) is 3.22. The van der Waals surface area contributed by atoms with Crippen molar-refractivity contribution in [1.82, 2.24) is 25.5 Å². The van der Waals surface area contributed by atoms with E-state index in [2.05, 4.69) is 36.1 Å². The highest BCUT2D eigenvalue weighted by atomic mass is 19.3. The maximum Gasteiger partial charge on any atom is 0.260 e. The third-order valence-corrected chi connectivity index (χ3v) is 6.90. The highest BCUT2D eigenvalue weighted by molar-refractivity contribution is 6.00. The molecule has 2 aliphatic rings. The number of anilines is 3. The van der Waals surface area contributed by atoms with Crippen molar-refractivity contribution in [3.8, 4) is 11.5 Å². The summed E-state index contributed by atoms with van der Waals surface area (Å²) in [6.45, 7) is 3.59. The molecule has 1 aliphatic carbocycles. The molecule has 12 heteroatoms. The number of alkyl halides is 2. The maximum absolute atomic E-state index is 13.6. The van der Waals surface area contributed by atoms with Crippen LogP contribution in [0.25, 0.3) is 11.5 Å². The summed E-state index contributed by atoms with van der Waals surface area (Å²) in [6, 6.07) is 14.1. The van der Waals surface area contributed by atoms with Crippen molar-refractivity contribution in [1.29, 1.82) is 0 Å². The van der Waals surface area contributed by atoms with Crippen LogP contribution in [0.2, 0.25) is 0 Å². The average molecular weight is 534 g/mol. The molecule has 2 atom stereocenters. The van der Waals surface area contributed by atoms with E-state index in [1.807, 2.05) is 50.2 Å². The fourth-order valence-corrected chi connectivity index (χ4v) is 4.64. The van der Waals surface area contributed by atoms with Gasteiger partial charge in [0.1, 0.15) is 11.7 Å². The maximum atomic E-state index is 13.6. The van der Waals surface area contributed by atoms with Crippen LogP contribution in [0.3, 0.4) is 0 Å². The van der Waals surface area contributed by atoms with E-state index in [0.717, 1.165) is 11.1 Å². The molecule has 0 bridgehead atoms. The Bertz CT molecular complexity index is 1560. The number of aliphatic hydroxyl groups excluding tert-OH is 1. The molecular formula is C27H25F2N7O3. The van der Waals surface area contributed by atoms with Crippen LogP contribution >= 0.6 is 0 Å². The molecule has 1 amide bonds. The van der Waals surface area contributed by atoms with Crippen molar-refractivity contribution in [2.45, 2.75) is 43.7 Å². The molecule has 1 unspecified atom stereocenters. The molecule has 1 saturated carbocycles. The predicted molar refractivity (Wildman–Crippen MR) is 138 cm³/mol. The van der Waals surface area contributed by atoms with Gasteiger partial charge < -0.3 is 25.5 Å². The molecule has 2 aromatic heterocycles. The van der Waals surface area contributed by atoms with Gasteiger partial charge in [-0.25, -0.2) is 13.8 Å². The summed E-state index contributed by atoms with van der Waals surface area (Å²) in [5.74, 6) is -3.77. The van der Waals surface area contributed by atoms with E-state index in [1.165, 1.54) is 6.20 Å². The van der Waals surface area contributed by atoms with Crippen LogP contribution in [0.15, 0.2) is 59.1 Å². The molecule has 6 rings (SSSR count). The molecule has 2 aromatic carbocycles. The van der Waals surface area contributed by atoms with Gasteiger partial charge in [-0.2, -0.15) is 4.98 Å². The van der Waals surface area contributed by atoms with Crippen molar-refractivity contribution in [2.75, 3.05) is 17.2 Å². The molecule has 0 spiro atoms. The van der Waals surface area contributed by atoms with Gasteiger partial charge in [0, 0.05) is 23.9 Å². The monoisotopic (exact) mass is 533 g/mol. The highest BCUT2D eigenvalue weighted by Crippen LogP contribution is 2.55. The summed E-state index contributed by atoms with van der Waals surface area (Å²) in [7, 11) is 0. The lowest BCUT2D eigenvalue weighted by molar-refractivity contribution is 0.0939. The van der Waals surface area contributed by atoms with E-state index < -0.39 is 23.4 Å². The number of aliphatic hydroxyl groups is 1. The first-order chi connectivity index (χ1) is 18.6. The van der Waals surface area contributed by atoms with Gasteiger partial charge in [-0.05, 0) is 43.2 Å². The standard InChI is InChI=1S/C27H25F2N7O3/c1-26(2)18-10-15(8-9-16(18)22(38)34-26)31-25-30-12-17(23-35-36-24(39-23)19-11-27(19,28)29)21(33-25)32-20(13-37)14-6-4-3-5-7-14/h3-10,12,19-20,37H,11,13H2,1-2H3,(H,34,38)(H2,30,31,32,33)/t19?,20-/m1/s1. The molecule has 39 heavy (non-hydrogen) atoms. The Morgan fingerprint density at radius 3 is 2.64 bits per heavy atom. The SMILES string of the molecule is CC1(C)NC(=O)c2ccc(Nc3ncc(-c4nnc(C5CC5(F)F)o4)c(N[C@H](CO)c4ccccc4)n3)cc21. The molecule has 4 aromatic rings. The van der Waals surface area contributed by atoms with Crippen LogP contribution in [0, 0.1) is 0 Å². The first-order valence-electron chi connectivity index (χ1n) is 12.4. The van der Waals surface area contributed by atoms with Crippen molar-refractivity contribution in [3.63, 3.8) is 0 Å².